The van der Waals surface area contributed by atoms with Crippen molar-refractivity contribution in [3.05, 3.63) is 48.0 Å². The molecule has 0 aliphatic carbocycles. The minimum atomic E-state index is -0.473. The Hall–Kier alpha value is -3.13. The van der Waals surface area contributed by atoms with E-state index in [1.807, 2.05) is 49.4 Å². The molecule has 8 heteroatoms. The molecule has 1 amide bonds. The Kier molecular flexibility index (Phi) is 4.64. The molecule has 138 valence electrons. The lowest BCUT2D eigenvalue weighted by atomic mass is 10.1. The van der Waals surface area contributed by atoms with Crippen molar-refractivity contribution in [3.8, 4) is 11.5 Å². The van der Waals surface area contributed by atoms with Crippen LogP contribution in [0.4, 0.5) is 5.13 Å². The molecular formula is C19H18N4O3S. The van der Waals surface area contributed by atoms with Crippen molar-refractivity contribution in [3.63, 3.8) is 0 Å². The number of hydrazone groups is 1. The zero-order valence-electron chi connectivity index (χ0n) is 14.9. The van der Waals surface area contributed by atoms with Crippen molar-refractivity contribution in [2.45, 2.75) is 19.9 Å². The van der Waals surface area contributed by atoms with Gasteiger partial charge in [-0.25, -0.2) is 10.4 Å². The number of amides is 1. The van der Waals surface area contributed by atoms with Crippen LogP contribution in [0, 0.1) is 0 Å². The molecule has 7 nitrogen and oxygen atoms in total. The summed E-state index contributed by atoms with van der Waals surface area (Å²) in [5.41, 5.74) is 5.03. The van der Waals surface area contributed by atoms with Crippen molar-refractivity contribution >= 4 is 38.3 Å². The van der Waals surface area contributed by atoms with Crippen LogP contribution < -0.4 is 20.2 Å². The molecule has 2 N–H and O–H groups in total. The Morgan fingerprint density at radius 1 is 1.22 bits per heavy atom. The van der Waals surface area contributed by atoms with Crippen LogP contribution in [0.5, 0.6) is 11.5 Å². The summed E-state index contributed by atoms with van der Waals surface area (Å²) in [4.78, 5) is 16.8. The first-order valence-corrected chi connectivity index (χ1v) is 9.28. The Labute approximate surface area is 160 Å². The van der Waals surface area contributed by atoms with E-state index < -0.39 is 6.04 Å². The predicted octanol–water partition coefficient (Wildman–Crippen LogP) is 3.37. The number of para-hydroxylation sites is 1. The topological polar surface area (TPSA) is 84.8 Å². The Morgan fingerprint density at radius 2 is 2.04 bits per heavy atom. The third kappa shape index (κ3) is 3.70. The van der Waals surface area contributed by atoms with Gasteiger partial charge in [0.1, 0.15) is 6.04 Å². The fourth-order valence-corrected chi connectivity index (χ4v) is 3.56. The van der Waals surface area contributed by atoms with Crippen LogP contribution in [-0.2, 0) is 4.79 Å². The molecule has 3 aromatic rings. The molecule has 1 aliphatic rings. The summed E-state index contributed by atoms with van der Waals surface area (Å²) in [5, 5.41) is 8.01. The molecule has 0 spiro atoms. The van der Waals surface area contributed by atoms with E-state index in [9.17, 15) is 4.79 Å². The third-order valence-electron chi connectivity index (χ3n) is 4.15. The van der Waals surface area contributed by atoms with Gasteiger partial charge in [0, 0.05) is 5.56 Å². The fourth-order valence-electron chi connectivity index (χ4n) is 2.61. The second kappa shape index (κ2) is 7.24. The summed E-state index contributed by atoms with van der Waals surface area (Å²) in [6, 6.07) is 12.9. The first-order chi connectivity index (χ1) is 13.1. The van der Waals surface area contributed by atoms with E-state index >= 15 is 0 Å². The van der Waals surface area contributed by atoms with Crippen molar-refractivity contribution < 1.29 is 14.3 Å². The van der Waals surface area contributed by atoms with Crippen LogP contribution >= 0.6 is 11.3 Å². The molecule has 4 rings (SSSR count). The summed E-state index contributed by atoms with van der Waals surface area (Å²) < 4.78 is 11.7. The van der Waals surface area contributed by atoms with Crippen molar-refractivity contribution in [1.82, 2.24) is 10.4 Å². The standard InChI is InChI=1S/C19H18N4O3S/c1-11(13-7-8-15-16(9-13)26-10-25-15)22-23-18(24)12(2)20-19-21-14-5-3-4-6-17(14)27-19/h3-9,12H,10H2,1-2H3,(H,20,21)(H,23,24)/b22-11-/t12-/m1/s1. The van der Waals surface area contributed by atoms with Crippen LogP contribution in [0.25, 0.3) is 10.2 Å². The number of fused-ring (bicyclic) bond motifs is 2. The van der Waals surface area contributed by atoms with Gasteiger partial charge in [0.25, 0.3) is 5.91 Å². The summed E-state index contributed by atoms with van der Waals surface area (Å²) in [7, 11) is 0. The van der Waals surface area contributed by atoms with Gasteiger partial charge in [0.2, 0.25) is 6.79 Å². The number of nitrogens with one attached hydrogen (secondary N) is 2. The lowest BCUT2D eigenvalue weighted by Gasteiger charge is -2.11. The van der Waals surface area contributed by atoms with Gasteiger partial charge >= 0.3 is 0 Å². The number of rotatable bonds is 5. The number of carbonyl (C=O) groups is 1. The number of ether oxygens (including phenoxy) is 2. The third-order valence-corrected chi connectivity index (χ3v) is 5.12. The minimum absolute atomic E-state index is 0.223. The quantitative estimate of drug-likeness (QED) is 0.522. The van der Waals surface area contributed by atoms with Gasteiger partial charge in [-0.3, -0.25) is 4.79 Å². The monoisotopic (exact) mass is 382 g/mol. The second-order valence-electron chi connectivity index (χ2n) is 6.09. The van der Waals surface area contributed by atoms with Gasteiger partial charge in [-0.05, 0) is 44.2 Å². The van der Waals surface area contributed by atoms with Gasteiger partial charge in [-0.15, -0.1) is 0 Å². The van der Waals surface area contributed by atoms with Crippen LogP contribution in [0.2, 0.25) is 0 Å². The van der Waals surface area contributed by atoms with E-state index in [1.165, 1.54) is 11.3 Å². The Morgan fingerprint density at radius 3 is 2.89 bits per heavy atom. The fraction of sp³-hybridized carbons (Fsp3) is 0.211. The minimum Gasteiger partial charge on any atom is -0.454 e. The molecule has 0 bridgehead atoms. The Bertz CT molecular complexity index is 998. The van der Waals surface area contributed by atoms with E-state index in [0.29, 0.717) is 22.3 Å². The largest absolute Gasteiger partial charge is 0.454 e. The summed E-state index contributed by atoms with van der Waals surface area (Å²) in [5.74, 6) is 1.15. The van der Waals surface area contributed by atoms with Crippen molar-refractivity contribution in [2.75, 3.05) is 12.1 Å². The Balaban J connectivity index is 1.39. The number of benzene rings is 2. The highest BCUT2D eigenvalue weighted by Gasteiger charge is 2.16. The maximum absolute atomic E-state index is 12.3. The molecule has 1 aliphatic heterocycles. The lowest BCUT2D eigenvalue weighted by molar-refractivity contribution is -0.121. The number of carbonyl (C=O) groups excluding carboxylic acids is 1. The van der Waals surface area contributed by atoms with E-state index in [-0.39, 0.29) is 12.7 Å². The van der Waals surface area contributed by atoms with Gasteiger partial charge < -0.3 is 14.8 Å². The average molecular weight is 382 g/mol. The number of thiazole rings is 1. The highest BCUT2D eigenvalue weighted by Crippen LogP contribution is 2.32. The van der Waals surface area contributed by atoms with Gasteiger partial charge in [0.15, 0.2) is 16.6 Å². The van der Waals surface area contributed by atoms with Crippen LogP contribution in [0.3, 0.4) is 0 Å². The van der Waals surface area contributed by atoms with Crippen LogP contribution in [0.15, 0.2) is 47.6 Å². The van der Waals surface area contributed by atoms with E-state index in [1.54, 1.807) is 6.92 Å². The molecule has 0 saturated heterocycles. The van der Waals surface area contributed by atoms with Crippen LogP contribution in [0.1, 0.15) is 19.4 Å². The molecule has 2 aromatic carbocycles. The van der Waals surface area contributed by atoms with E-state index in [4.69, 9.17) is 9.47 Å². The maximum Gasteiger partial charge on any atom is 0.262 e. The number of nitrogens with zero attached hydrogens (tertiary/aromatic N) is 2. The second-order valence-corrected chi connectivity index (χ2v) is 7.12. The first-order valence-electron chi connectivity index (χ1n) is 8.46. The summed E-state index contributed by atoms with van der Waals surface area (Å²) >= 11 is 1.51. The summed E-state index contributed by atoms with van der Waals surface area (Å²) in [6.07, 6.45) is 0. The average Bonchev–Trinajstić information content (AvgIpc) is 3.30. The zero-order chi connectivity index (χ0) is 18.8. The highest BCUT2D eigenvalue weighted by molar-refractivity contribution is 7.22. The van der Waals surface area contributed by atoms with E-state index in [2.05, 4.69) is 20.8 Å². The maximum atomic E-state index is 12.3. The van der Waals surface area contributed by atoms with Crippen molar-refractivity contribution in [2.24, 2.45) is 5.10 Å². The van der Waals surface area contributed by atoms with Crippen molar-refractivity contribution in [1.29, 1.82) is 0 Å². The molecular weight excluding hydrogens is 364 g/mol. The molecule has 1 atom stereocenters. The predicted molar refractivity (Wildman–Crippen MR) is 106 cm³/mol. The smallest absolute Gasteiger partial charge is 0.262 e. The lowest BCUT2D eigenvalue weighted by Crippen LogP contribution is -2.35. The molecule has 0 radical (unpaired) electrons. The number of hydrogen-bond donors (Lipinski definition) is 2. The SMILES string of the molecule is C/C(=N/NC(=O)[C@@H](C)Nc1nc2ccccc2s1)c1ccc2c(c1)OCO2. The number of hydrogen-bond acceptors (Lipinski definition) is 7. The van der Waals surface area contributed by atoms with E-state index in [0.717, 1.165) is 15.8 Å². The number of anilines is 1. The van der Waals surface area contributed by atoms with Gasteiger partial charge in [0.05, 0.1) is 15.9 Å². The molecule has 2 heterocycles. The zero-order valence-corrected chi connectivity index (χ0v) is 15.7. The first kappa shape index (κ1) is 17.3. The number of aromatic nitrogens is 1. The molecule has 0 fully saturated rings. The van der Waals surface area contributed by atoms with Gasteiger partial charge in [-0.1, -0.05) is 23.5 Å². The molecule has 1 aromatic heterocycles. The normalized spacial score (nSPS) is 14.2. The summed E-state index contributed by atoms with van der Waals surface area (Å²) in [6.45, 7) is 3.82. The molecule has 27 heavy (non-hydrogen) atoms. The highest BCUT2D eigenvalue weighted by atomic mass is 32.1. The molecule has 0 unspecified atom stereocenters. The van der Waals surface area contributed by atoms with Gasteiger partial charge in [-0.2, -0.15) is 5.10 Å². The molecule has 0 saturated carbocycles. The van der Waals surface area contributed by atoms with Crippen LogP contribution in [-0.4, -0.2) is 29.4 Å².